The fraction of sp³-hybridized carbons (Fsp3) is 0.421. The highest BCUT2D eigenvalue weighted by Crippen LogP contribution is 2.26. The maximum absolute atomic E-state index is 12.1. The third kappa shape index (κ3) is 3.72. The zero-order valence-electron chi connectivity index (χ0n) is 14.6. The summed E-state index contributed by atoms with van der Waals surface area (Å²) in [5.41, 5.74) is 2.80. The lowest BCUT2D eigenvalue weighted by Crippen LogP contribution is -2.28. The van der Waals surface area contributed by atoms with Crippen LogP contribution in [-0.4, -0.2) is 23.5 Å². The Morgan fingerprint density at radius 2 is 1.92 bits per heavy atom. The molecular weight excluding hydrogens is 348 g/mol. The molecule has 2 aromatic rings. The fourth-order valence-electron chi connectivity index (χ4n) is 3.46. The number of fused-ring (bicyclic) bond motifs is 1. The molecule has 1 aliphatic carbocycles. The van der Waals surface area contributed by atoms with Crippen LogP contribution < -0.4 is 15.5 Å². The Kier molecular flexibility index (Phi) is 4.88. The predicted molar refractivity (Wildman–Crippen MR) is 103 cm³/mol. The van der Waals surface area contributed by atoms with Gasteiger partial charge in [0.1, 0.15) is 5.01 Å². The fourth-order valence-corrected chi connectivity index (χ4v) is 4.55. The monoisotopic (exact) mass is 370 g/mol. The number of benzene rings is 1. The average molecular weight is 370 g/mol. The molecule has 2 N–H and O–H groups in total. The lowest BCUT2D eigenvalue weighted by atomic mass is 10.0. The molecule has 1 fully saturated rings. The van der Waals surface area contributed by atoms with E-state index in [1.807, 2.05) is 24.3 Å². The van der Waals surface area contributed by atoms with Gasteiger partial charge in [-0.2, -0.15) is 0 Å². The van der Waals surface area contributed by atoms with Gasteiger partial charge in [0.25, 0.3) is 0 Å². The Balaban J connectivity index is 1.30. The highest BCUT2D eigenvalue weighted by atomic mass is 32.1. The van der Waals surface area contributed by atoms with Crippen molar-refractivity contribution in [2.45, 2.75) is 45.1 Å². The first-order valence-electron chi connectivity index (χ1n) is 9.12. The Hall–Kier alpha value is -2.41. The zero-order chi connectivity index (χ0) is 17.9. The van der Waals surface area contributed by atoms with Crippen LogP contribution in [0.3, 0.4) is 0 Å². The number of carbonyl (C=O) groups excluding carboxylic acids is 2. The molecular formula is C19H22N4O2S. The van der Waals surface area contributed by atoms with Crippen LogP contribution in [0.2, 0.25) is 0 Å². The maximum Gasteiger partial charge on any atom is 0.319 e. The van der Waals surface area contributed by atoms with E-state index in [1.54, 1.807) is 16.2 Å². The molecule has 26 heavy (non-hydrogen) atoms. The number of anilines is 2. The minimum atomic E-state index is -0.247. The van der Waals surface area contributed by atoms with Crippen LogP contribution in [0.25, 0.3) is 0 Å². The number of thiazole rings is 1. The molecule has 4 rings (SSSR count). The number of hydrogen-bond donors (Lipinski definition) is 2. The first kappa shape index (κ1) is 17.0. The second-order valence-electron chi connectivity index (χ2n) is 6.69. The SMILES string of the molecule is O=C(NCc1nc2c(s1)CCCC2)Nc1ccc(N2CCCC2=O)cc1. The largest absolute Gasteiger partial charge is 0.331 e. The van der Waals surface area contributed by atoms with Crippen molar-refractivity contribution in [2.24, 2.45) is 0 Å². The van der Waals surface area contributed by atoms with E-state index in [4.69, 9.17) is 0 Å². The quantitative estimate of drug-likeness (QED) is 0.865. The molecule has 0 radical (unpaired) electrons. The molecule has 3 amide bonds. The average Bonchev–Trinajstić information content (AvgIpc) is 3.26. The van der Waals surface area contributed by atoms with Gasteiger partial charge in [-0.05, 0) is 56.4 Å². The molecule has 0 saturated carbocycles. The van der Waals surface area contributed by atoms with Crippen molar-refractivity contribution >= 4 is 34.6 Å². The van der Waals surface area contributed by atoms with E-state index >= 15 is 0 Å². The number of aromatic nitrogens is 1. The van der Waals surface area contributed by atoms with Crippen LogP contribution in [0.5, 0.6) is 0 Å². The van der Waals surface area contributed by atoms with E-state index in [2.05, 4.69) is 15.6 Å². The van der Waals surface area contributed by atoms with Gasteiger partial charge in [-0.25, -0.2) is 9.78 Å². The molecule has 136 valence electrons. The van der Waals surface area contributed by atoms with Gasteiger partial charge in [-0.15, -0.1) is 11.3 Å². The number of carbonyl (C=O) groups is 2. The Morgan fingerprint density at radius 1 is 1.12 bits per heavy atom. The van der Waals surface area contributed by atoms with Gasteiger partial charge in [-0.1, -0.05) is 0 Å². The van der Waals surface area contributed by atoms with Crippen molar-refractivity contribution in [1.29, 1.82) is 0 Å². The standard InChI is InChI=1S/C19H22N4O2S/c24-18-6-3-11-23(18)14-9-7-13(8-10-14)21-19(25)20-12-17-22-15-4-1-2-5-16(15)26-17/h7-10H,1-6,11-12H2,(H2,20,21,25). The van der Waals surface area contributed by atoms with Gasteiger partial charge in [0, 0.05) is 29.2 Å². The van der Waals surface area contributed by atoms with Crippen LogP contribution in [0.15, 0.2) is 24.3 Å². The summed E-state index contributed by atoms with van der Waals surface area (Å²) in [6.07, 6.45) is 6.14. The van der Waals surface area contributed by atoms with Crippen LogP contribution in [0, 0.1) is 0 Å². The molecule has 0 spiro atoms. The molecule has 0 unspecified atom stereocenters. The Bertz CT molecular complexity index is 792. The molecule has 2 aliphatic rings. The highest BCUT2D eigenvalue weighted by Gasteiger charge is 2.21. The third-order valence-electron chi connectivity index (χ3n) is 4.80. The molecule has 1 aliphatic heterocycles. The number of hydrogen-bond acceptors (Lipinski definition) is 4. The Labute approximate surface area is 156 Å². The second kappa shape index (κ2) is 7.45. The van der Waals surface area contributed by atoms with Gasteiger partial charge in [0.15, 0.2) is 0 Å². The van der Waals surface area contributed by atoms with Gasteiger partial charge in [0.2, 0.25) is 5.91 Å². The van der Waals surface area contributed by atoms with Crippen molar-refractivity contribution in [3.8, 4) is 0 Å². The van der Waals surface area contributed by atoms with Crippen LogP contribution in [0.1, 0.15) is 41.3 Å². The molecule has 0 atom stereocenters. The molecule has 1 saturated heterocycles. The first-order chi connectivity index (χ1) is 12.7. The summed E-state index contributed by atoms with van der Waals surface area (Å²) in [4.78, 5) is 31.7. The van der Waals surface area contributed by atoms with E-state index in [-0.39, 0.29) is 11.9 Å². The zero-order valence-corrected chi connectivity index (χ0v) is 15.4. The lowest BCUT2D eigenvalue weighted by molar-refractivity contribution is -0.117. The van der Waals surface area contributed by atoms with Crippen molar-refractivity contribution in [3.63, 3.8) is 0 Å². The number of rotatable bonds is 4. The summed E-state index contributed by atoms with van der Waals surface area (Å²) in [5, 5.41) is 6.66. The minimum Gasteiger partial charge on any atom is -0.331 e. The second-order valence-corrected chi connectivity index (χ2v) is 7.86. The van der Waals surface area contributed by atoms with Crippen LogP contribution in [-0.2, 0) is 24.2 Å². The van der Waals surface area contributed by atoms with E-state index in [9.17, 15) is 9.59 Å². The lowest BCUT2D eigenvalue weighted by Gasteiger charge is -2.16. The summed E-state index contributed by atoms with van der Waals surface area (Å²) in [5.74, 6) is 0.162. The number of urea groups is 1. The predicted octanol–water partition coefficient (Wildman–Crippen LogP) is 3.47. The van der Waals surface area contributed by atoms with Gasteiger partial charge in [-0.3, -0.25) is 4.79 Å². The first-order valence-corrected chi connectivity index (χ1v) is 9.93. The molecule has 6 nitrogen and oxygen atoms in total. The summed E-state index contributed by atoms with van der Waals surface area (Å²) in [6, 6.07) is 7.13. The van der Waals surface area contributed by atoms with E-state index in [1.165, 1.54) is 23.4 Å². The number of nitrogens with zero attached hydrogens (tertiary/aromatic N) is 2. The summed E-state index contributed by atoms with van der Waals surface area (Å²) < 4.78 is 0. The number of aryl methyl sites for hydroxylation is 2. The third-order valence-corrected chi connectivity index (χ3v) is 5.96. The summed E-state index contributed by atoms with van der Waals surface area (Å²) in [7, 11) is 0. The molecule has 1 aromatic carbocycles. The summed E-state index contributed by atoms with van der Waals surface area (Å²) >= 11 is 1.71. The number of amides is 3. The van der Waals surface area contributed by atoms with Gasteiger partial charge in [0.05, 0.1) is 12.2 Å². The smallest absolute Gasteiger partial charge is 0.319 e. The molecule has 2 heterocycles. The van der Waals surface area contributed by atoms with E-state index in [0.717, 1.165) is 36.5 Å². The van der Waals surface area contributed by atoms with Crippen molar-refractivity contribution in [1.82, 2.24) is 10.3 Å². The van der Waals surface area contributed by atoms with E-state index in [0.29, 0.717) is 18.7 Å². The van der Waals surface area contributed by atoms with Gasteiger partial charge < -0.3 is 15.5 Å². The minimum absolute atomic E-state index is 0.162. The molecule has 1 aromatic heterocycles. The van der Waals surface area contributed by atoms with Crippen molar-refractivity contribution < 1.29 is 9.59 Å². The maximum atomic E-state index is 12.1. The molecule has 0 bridgehead atoms. The molecule has 7 heteroatoms. The number of nitrogens with one attached hydrogen (secondary N) is 2. The highest BCUT2D eigenvalue weighted by molar-refractivity contribution is 7.11. The Morgan fingerprint density at radius 3 is 2.65 bits per heavy atom. The van der Waals surface area contributed by atoms with Crippen molar-refractivity contribution in [2.75, 3.05) is 16.8 Å². The van der Waals surface area contributed by atoms with Gasteiger partial charge >= 0.3 is 6.03 Å². The van der Waals surface area contributed by atoms with Crippen molar-refractivity contribution in [3.05, 3.63) is 39.8 Å². The summed E-state index contributed by atoms with van der Waals surface area (Å²) in [6.45, 7) is 1.22. The van der Waals surface area contributed by atoms with E-state index < -0.39 is 0 Å². The van der Waals surface area contributed by atoms with Crippen LogP contribution in [0.4, 0.5) is 16.2 Å². The topological polar surface area (TPSA) is 74.3 Å². The van der Waals surface area contributed by atoms with Crippen LogP contribution >= 0.6 is 11.3 Å². The normalized spacial score (nSPS) is 16.5.